The topological polar surface area (TPSA) is 139 Å². The van der Waals surface area contributed by atoms with Crippen molar-refractivity contribution in [1.29, 1.82) is 0 Å². The Morgan fingerprint density at radius 2 is 1.58 bits per heavy atom. The summed E-state index contributed by atoms with van der Waals surface area (Å²) in [5.74, 6) is -1.90. The number of aryl methyl sites for hydroxylation is 1. The van der Waals surface area contributed by atoms with Gasteiger partial charge < -0.3 is 0 Å². The first-order valence-corrected chi connectivity index (χ1v) is 11.8. The second kappa shape index (κ2) is 9.92. The lowest BCUT2D eigenvalue weighted by Crippen LogP contribution is -2.54. The van der Waals surface area contributed by atoms with Gasteiger partial charge in [0.15, 0.2) is 5.69 Å². The van der Waals surface area contributed by atoms with Crippen LogP contribution in [-0.4, -0.2) is 36.1 Å². The highest BCUT2D eigenvalue weighted by atomic mass is 32.2. The molecule has 0 bridgehead atoms. The van der Waals surface area contributed by atoms with Gasteiger partial charge in [-0.25, -0.2) is 13.1 Å². The molecule has 3 N–H and O–H groups in total. The first kappa shape index (κ1) is 24.1. The summed E-state index contributed by atoms with van der Waals surface area (Å²) in [6.07, 6.45) is 0. The van der Waals surface area contributed by atoms with Gasteiger partial charge in [0.05, 0.1) is 10.3 Å². The highest BCUT2D eigenvalue weighted by Gasteiger charge is 2.29. The summed E-state index contributed by atoms with van der Waals surface area (Å²) < 4.78 is 28.8. The average Bonchev–Trinajstić information content (AvgIpc) is 2.81. The van der Waals surface area contributed by atoms with Crippen LogP contribution in [0.1, 0.15) is 31.3 Å². The molecule has 0 aliphatic rings. The molecule has 1 unspecified atom stereocenters. The zero-order valence-corrected chi connectivity index (χ0v) is 19.2. The molecule has 0 aliphatic heterocycles. The van der Waals surface area contributed by atoms with Crippen molar-refractivity contribution in [3.8, 4) is 0 Å². The third kappa shape index (κ3) is 5.26. The van der Waals surface area contributed by atoms with E-state index in [-0.39, 0.29) is 22.7 Å². The number of aromatic nitrogens is 2. The number of hydrogen-bond acceptors (Lipinski definition) is 6. The smallest absolute Gasteiger partial charge is 0.271 e. The number of amides is 2. The van der Waals surface area contributed by atoms with Gasteiger partial charge >= 0.3 is 0 Å². The van der Waals surface area contributed by atoms with Gasteiger partial charge in [-0.2, -0.15) is 9.82 Å². The molecule has 0 saturated carbocycles. The van der Waals surface area contributed by atoms with E-state index in [1.807, 2.05) is 0 Å². The van der Waals surface area contributed by atoms with Crippen LogP contribution in [0, 0.1) is 5.92 Å². The zero-order valence-electron chi connectivity index (χ0n) is 18.4. The Bertz CT molecular complexity index is 1340. The molecule has 3 aromatic rings. The van der Waals surface area contributed by atoms with E-state index in [9.17, 15) is 22.8 Å². The van der Waals surface area contributed by atoms with E-state index in [0.717, 1.165) is 4.68 Å². The van der Waals surface area contributed by atoms with Crippen molar-refractivity contribution < 1.29 is 18.0 Å². The summed E-state index contributed by atoms with van der Waals surface area (Å²) in [7, 11) is -3.96. The van der Waals surface area contributed by atoms with Crippen LogP contribution in [0.15, 0.2) is 64.3 Å². The van der Waals surface area contributed by atoms with Gasteiger partial charge in [0.1, 0.15) is 6.04 Å². The van der Waals surface area contributed by atoms with Crippen LogP contribution in [0.5, 0.6) is 0 Å². The molecule has 0 radical (unpaired) electrons. The summed E-state index contributed by atoms with van der Waals surface area (Å²) in [6.45, 7) is 5.32. The number of sulfonamides is 1. The molecule has 1 atom stereocenters. The molecule has 0 saturated heterocycles. The summed E-state index contributed by atoms with van der Waals surface area (Å²) in [4.78, 5) is 38.0. The molecule has 0 fully saturated rings. The van der Waals surface area contributed by atoms with Crippen molar-refractivity contribution in [3.05, 3.63) is 70.6 Å². The molecule has 1 heterocycles. The number of rotatable bonds is 7. The SMILES string of the molecule is CCn1nc(C(=O)NNC(=O)C(NS(=O)(=O)c2ccccc2)C(C)C)c2ccccc2c1=O. The number of nitrogens with one attached hydrogen (secondary N) is 3. The number of fused-ring (bicyclic) bond motifs is 1. The van der Waals surface area contributed by atoms with Crippen molar-refractivity contribution in [3.63, 3.8) is 0 Å². The van der Waals surface area contributed by atoms with Crippen LogP contribution in [0.2, 0.25) is 0 Å². The lowest BCUT2D eigenvalue weighted by molar-refractivity contribution is -0.124. The second-order valence-electron chi connectivity index (χ2n) is 7.61. The minimum atomic E-state index is -3.96. The first-order valence-electron chi connectivity index (χ1n) is 10.3. The zero-order chi connectivity index (χ0) is 24.2. The molecular formula is C22H25N5O5S. The summed E-state index contributed by atoms with van der Waals surface area (Å²) in [6, 6.07) is 13.0. The Labute approximate surface area is 191 Å². The van der Waals surface area contributed by atoms with Gasteiger partial charge in [-0.1, -0.05) is 50.2 Å². The number of carbonyl (C=O) groups excluding carboxylic acids is 2. The second-order valence-corrected chi connectivity index (χ2v) is 9.33. The normalized spacial score (nSPS) is 12.5. The molecule has 0 spiro atoms. The van der Waals surface area contributed by atoms with Crippen LogP contribution in [-0.2, 0) is 21.4 Å². The fourth-order valence-electron chi connectivity index (χ4n) is 3.20. The van der Waals surface area contributed by atoms with Gasteiger partial charge in [0.2, 0.25) is 10.0 Å². The van der Waals surface area contributed by atoms with E-state index in [4.69, 9.17) is 0 Å². The van der Waals surface area contributed by atoms with Crippen molar-refractivity contribution in [2.45, 2.75) is 38.3 Å². The molecule has 2 amide bonds. The first-order chi connectivity index (χ1) is 15.7. The van der Waals surface area contributed by atoms with Gasteiger partial charge in [-0.3, -0.25) is 25.2 Å². The maximum absolute atomic E-state index is 12.8. The number of benzene rings is 2. The van der Waals surface area contributed by atoms with E-state index in [1.165, 1.54) is 12.1 Å². The van der Waals surface area contributed by atoms with Crippen LogP contribution >= 0.6 is 0 Å². The third-order valence-electron chi connectivity index (χ3n) is 4.97. The molecule has 11 heteroatoms. The Hall–Kier alpha value is -3.57. The fraction of sp³-hybridized carbons (Fsp3) is 0.273. The molecule has 3 rings (SSSR count). The Balaban J connectivity index is 1.80. The lowest BCUT2D eigenvalue weighted by Gasteiger charge is -2.21. The molecule has 33 heavy (non-hydrogen) atoms. The minimum absolute atomic E-state index is 0.0185. The predicted octanol–water partition coefficient (Wildman–Crippen LogP) is 1.18. The highest BCUT2D eigenvalue weighted by molar-refractivity contribution is 7.89. The van der Waals surface area contributed by atoms with Crippen LogP contribution in [0.3, 0.4) is 0 Å². The molecular weight excluding hydrogens is 446 g/mol. The third-order valence-corrected chi connectivity index (χ3v) is 6.42. The number of nitrogens with zero attached hydrogens (tertiary/aromatic N) is 2. The van der Waals surface area contributed by atoms with Gasteiger partial charge in [0, 0.05) is 11.9 Å². The van der Waals surface area contributed by atoms with Crippen molar-refractivity contribution >= 4 is 32.6 Å². The summed E-state index contributed by atoms with van der Waals surface area (Å²) in [5.41, 5.74) is 4.16. The Kier molecular flexibility index (Phi) is 7.24. The van der Waals surface area contributed by atoms with Gasteiger partial charge in [-0.05, 0) is 31.0 Å². The van der Waals surface area contributed by atoms with E-state index in [0.29, 0.717) is 10.8 Å². The lowest BCUT2D eigenvalue weighted by atomic mass is 10.1. The van der Waals surface area contributed by atoms with Crippen molar-refractivity contribution in [1.82, 2.24) is 25.4 Å². The number of hydrogen-bond donors (Lipinski definition) is 3. The maximum atomic E-state index is 12.8. The minimum Gasteiger partial charge on any atom is -0.271 e. The van der Waals surface area contributed by atoms with Crippen LogP contribution in [0.4, 0.5) is 0 Å². The number of carbonyl (C=O) groups is 2. The Morgan fingerprint density at radius 3 is 2.18 bits per heavy atom. The molecule has 2 aromatic carbocycles. The predicted molar refractivity (Wildman–Crippen MR) is 123 cm³/mol. The summed E-state index contributed by atoms with van der Waals surface area (Å²) in [5, 5.41) is 4.76. The van der Waals surface area contributed by atoms with E-state index >= 15 is 0 Å². The molecule has 174 valence electrons. The molecule has 0 aliphatic carbocycles. The Morgan fingerprint density at radius 1 is 0.970 bits per heavy atom. The molecule has 10 nitrogen and oxygen atoms in total. The molecule has 1 aromatic heterocycles. The quantitative estimate of drug-likeness (QED) is 0.442. The fourth-order valence-corrected chi connectivity index (χ4v) is 4.56. The highest BCUT2D eigenvalue weighted by Crippen LogP contribution is 2.14. The number of hydrazine groups is 1. The van der Waals surface area contributed by atoms with Crippen LogP contribution < -0.4 is 21.1 Å². The van der Waals surface area contributed by atoms with E-state index < -0.39 is 33.8 Å². The van der Waals surface area contributed by atoms with Gasteiger partial charge in [0.25, 0.3) is 17.4 Å². The van der Waals surface area contributed by atoms with E-state index in [1.54, 1.807) is 63.2 Å². The van der Waals surface area contributed by atoms with Gasteiger partial charge in [-0.15, -0.1) is 0 Å². The maximum Gasteiger partial charge on any atom is 0.290 e. The standard InChI is InChI=1S/C22H25N5O5S/c1-4-27-22(30)17-13-9-8-12-16(17)19(25-27)21(29)24-23-20(28)18(14(2)3)26-33(31,32)15-10-6-5-7-11-15/h5-14,18,26H,4H2,1-3H3,(H,23,28)(H,24,29). The van der Waals surface area contributed by atoms with Crippen molar-refractivity contribution in [2.24, 2.45) is 5.92 Å². The van der Waals surface area contributed by atoms with E-state index in [2.05, 4.69) is 20.7 Å². The van der Waals surface area contributed by atoms with Crippen LogP contribution in [0.25, 0.3) is 10.8 Å². The largest absolute Gasteiger partial charge is 0.290 e. The summed E-state index contributed by atoms with van der Waals surface area (Å²) >= 11 is 0. The average molecular weight is 472 g/mol. The van der Waals surface area contributed by atoms with Crippen molar-refractivity contribution in [2.75, 3.05) is 0 Å². The monoisotopic (exact) mass is 471 g/mol.